The summed E-state index contributed by atoms with van der Waals surface area (Å²) in [7, 11) is 0. The van der Waals surface area contributed by atoms with E-state index in [4.69, 9.17) is 0 Å². The van der Waals surface area contributed by atoms with Crippen LogP contribution in [0.25, 0.3) is 12.2 Å². The molecule has 158 valence electrons. The Bertz CT molecular complexity index is 729. The molecule has 4 heteroatoms. The van der Waals surface area contributed by atoms with Gasteiger partial charge >= 0.3 is 0 Å². The summed E-state index contributed by atoms with van der Waals surface area (Å²) < 4.78 is 0. The molecule has 0 unspecified atom stereocenters. The number of carbonyl (C=O) groups is 2. The molecule has 0 aliphatic heterocycles. The van der Waals surface area contributed by atoms with Gasteiger partial charge in [0.1, 0.15) is 0 Å². The first-order valence-corrected chi connectivity index (χ1v) is 10.8. The summed E-state index contributed by atoms with van der Waals surface area (Å²) in [6.07, 6.45) is 13.3. The van der Waals surface area contributed by atoms with Crippen molar-refractivity contribution in [3.05, 3.63) is 83.9 Å². The quantitative estimate of drug-likeness (QED) is 0.365. The van der Waals surface area contributed by atoms with Crippen molar-refractivity contribution in [3.63, 3.8) is 0 Å². The lowest BCUT2D eigenvalue weighted by Gasteiger charge is -2.04. The van der Waals surface area contributed by atoms with Crippen LogP contribution in [0.3, 0.4) is 0 Å². The monoisotopic (exact) mass is 404 g/mol. The van der Waals surface area contributed by atoms with E-state index in [2.05, 4.69) is 10.6 Å². The van der Waals surface area contributed by atoms with Crippen molar-refractivity contribution in [2.75, 3.05) is 13.1 Å². The van der Waals surface area contributed by atoms with Gasteiger partial charge in [0.05, 0.1) is 0 Å². The minimum Gasteiger partial charge on any atom is -0.353 e. The van der Waals surface area contributed by atoms with Gasteiger partial charge in [0.15, 0.2) is 0 Å². The molecule has 0 radical (unpaired) electrons. The van der Waals surface area contributed by atoms with Crippen molar-refractivity contribution in [3.8, 4) is 0 Å². The second kappa shape index (κ2) is 14.8. The van der Waals surface area contributed by atoms with Crippen LogP contribution in [0.5, 0.6) is 0 Å². The summed E-state index contributed by atoms with van der Waals surface area (Å²) in [5.41, 5.74) is 2.05. The van der Waals surface area contributed by atoms with Crippen molar-refractivity contribution in [1.29, 1.82) is 0 Å². The molecule has 4 nitrogen and oxygen atoms in total. The molecule has 0 saturated heterocycles. The molecule has 0 bridgehead atoms. The van der Waals surface area contributed by atoms with Gasteiger partial charge in [-0.3, -0.25) is 9.59 Å². The normalized spacial score (nSPS) is 11.1. The molecule has 0 aromatic heterocycles. The molecule has 30 heavy (non-hydrogen) atoms. The largest absolute Gasteiger partial charge is 0.353 e. The molecule has 2 aromatic rings. The van der Waals surface area contributed by atoms with Gasteiger partial charge in [-0.25, -0.2) is 0 Å². The summed E-state index contributed by atoms with van der Waals surface area (Å²) in [4.78, 5) is 23.5. The highest BCUT2D eigenvalue weighted by molar-refractivity contribution is 5.92. The van der Waals surface area contributed by atoms with Crippen LogP contribution in [-0.4, -0.2) is 24.9 Å². The van der Waals surface area contributed by atoms with Crippen LogP contribution in [0.4, 0.5) is 0 Å². The van der Waals surface area contributed by atoms with E-state index in [1.807, 2.05) is 72.8 Å². The Labute approximate surface area is 180 Å². The number of unbranched alkanes of at least 4 members (excludes halogenated alkanes) is 5. The van der Waals surface area contributed by atoms with Gasteiger partial charge in [-0.1, -0.05) is 86.3 Å². The fourth-order valence-electron chi connectivity index (χ4n) is 2.97. The van der Waals surface area contributed by atoms with Crippen molar-refractivity contribution in [1.82, 2.24) is 10.6 Å². The van der Waals surface area contributed by atoms with Crippen molar-refractivity contribution < 1.29 is 9.59 Å². The Kier molecular flexibility index (Phi) is 11.4. The second-order valence-corrected chi connectivity index (χ2v) is 7.19. The highest BCUT2D eigenvalue weighted by Crippen LogP contribution is 2.05. The minimum absolute atomic E-state index is 0.0455. The average molecular weight is 405 g/mol. The van der Waals surface area contributed by atoms with Gasteiger partial charge in [0.25, 0.3) is 0 Å². The maximum Gasteiger partial charge on any atom is 0.243 e. The fourth-order valence-corrected chi connectivity index (χ4v) is 2.97. The molecule has 2 N–H and O–H groups in total. The Morgan fingerprint density at radius 1 is 0.567 bits per heavy atom. The molecule has 2 rings (SSSR count). The summed E-state index contributed by atoms with van der Waals surface area (Å²) >= 11 is 0. The van der Waals surface area contributed by atoms with E-state index in [0.29, 0.717) is 13.1 Å². The number of carbonyl (C=O) groups excluding carboxylic acids is 2. The Balaban J connectivity index is 1.40. The molecule has 2 amide bonds. The lowest BCUT2D eigenvalue weighted by atomic mass is 10.1. The van der Waals surface area contributed by atoms with Crippen molar-refractivity contribution >= 4 is 24.0 Å². The predicted molar refractivity (Wildman–Crippen MR) is 125 cm³/mol. The molecule has 0 aliphatic carbocycles. The first-order valence-electron chi connectivity index (χ1n) is 10.8. The van der Waals surface area contributed by atoms with Crippen LogP contribution < -0.4 is 10.6 Å². The molecule has 0 saturated carbocycles. The Hall–Kier alpha value is -3.14. The Morgan fingerprint density at radius 2 is 0.933 bits per heavy atom. The summed E-state index contributed by atoms with van der Waals surface area (Å²) in [5.74, 6) is -0.0909. The van der Waals surface area contributed by atoms with Gasteiger partial charge in [-0.15, -0.1) is 0 Å². The van der Waals surface area contributed by atoms with Crippen LogP contribution in [0.2, 0.25) is 0 Å². The van der Waals surface area contributed by atoms with Crippen LogP contribution in [-0.2, 0) is 9.59 Å². The zero-order valence-electron chi connectivity index (χ0n) is 17.6. The minimum atomic E-state index is -0.0455. The van der Waals surface area contributed by atoms with Gasteiger partial charge in [-0.2, -0.15) is 0 Å². The molecule has 2 aromatic carbocycles. The van der Waals surface area contributed by atoms with Crippen molar-refractivity contribution in [2.45, 2.75) is 38.5 Å². The van der Waals surface area contributed by atoms with E-state index < -0.39 is 0 Å². The zero-order valence-corrected chi connectivity index (χ0v) is 17.6. The van der Waals surface area contributed by atoms with E-state index in [1.54, 1.807) is 12.2 Å². The standard InChI is InChI=1S/C26H32N2O2/c29-25(19-17-23-13-7-5-8-14-23)27-21-11-3-1-2-4-12-22-28-26(30)20-18-24-15-9-6-10-16-24/h5-10,13-20H,1-4,11-12,21-22H2,(H,27,29)(H,28,30). The van der Waals surface area contributed by atoms with E-state index in [1.165, 1.54) is 0 Å². The van der Waals surface area contributed by atoms with Crippen LogP contribution in [0.15, 0.2) is 72.8 Å². The number of amides is 2. The van der Waals surface area contributed by atoms with Gasteiger partial charge in [-0.05, 0) is 36.1 Å². The van der Waals surface area contributed by atoms with Crippen LogP contribution >= 0.6 is 0 Å². The SMILES string of the molecule is O=C(C=Cc1ccccc1)NCCCCCCCCNC(=O)C=Cc1ccccc1. The molecule has 0 atom stereocenters. The van der Waals surface area contributed by atoms with E-state index in [0.717, 1.165) is 49.7 Å². The lowest BCUT2D eigenvalue weighted by molar-refractivity contribution is -0.117. The summed E-state index contributed by atoms with van der Waals surface area (Å²) in [6.45, 7) is 1.42. The molecular weight excluding hydrogens is 372 g/mol. The van der Waals surface area contributed by atoms with E-state index in [-0.39, 0.29) is 11.8 Å². The summed E-state index contributed by atoms with van der Waals surface area (Å²) in [6, 6.07) is 19.6. The lowest BCUT2D eigenvalue weighted by Crippen LogP contribution is -2.22. The second-order valence-electron chi connectivity index (χ2n) is 7.19. The third-order valence-corrected chi connectivity index (χ3v) is 4.66. The number of benzene rings is 2. The Morgan fingerprint density at radius 3 is 1.33 bits per heavy atom. The zero-order chi connectivity index (χ0) is 21.3. The number of hydrogen-bond donors (Lipinski definition) is 2. The van der Waals surface area contributed by atoms with Crippen LogP contribution in [0.1, 0.15) is 49.7 Å². The number of nitrogens with one attached hydrogen (secondary N) is 2. The van der Waals surface area contributed by atoms with Crippen LogP contribution in [0, 0.1) is 0 Å². The van der Waals surface area contributed by atoms with Gasteiger partial charge in [0.2, 0.25) is 11.8 Å². The molecular formula is C26H32N2O2. The third-order valence-electron chi connectivity index (χ3n) is 4.66. The molecule has 0 fully saturated rings. The smallest absolute Gasteiger partial charge is 0.243 e. The first kappa shape index (κ1) is 23.1. The fraction of sp³-hybridized carbons (Fsp3) is 0.308. The van der Waals surface area contributed by atoms with Gasteiger partial charge in [0, 0.05) is 25.2 Å². The first-order chi connectivity index (χ1) is 14.7. The summed E-state index contributed by atoms with van der Waals surface area (Å²) in [5, 5.41) is 5.84. The number of hydrogen-bond acceptors (Lipinski definition) is 2. The average Bonchev–Trinajstić information content (AvgIpc) is 2.79. The topological polar surface area (TPSA) is 58.2 Å². The molecule has 0 spiro atoms. The molecule has 0 aliphatic rings. The van der Waals surface area contributed by atoms with Crippen molar-refractivity contribution in [2.24, 2.45) is 0 Å². The third kappa shape index (κ3) is 11.0. The number of rotatable bonds is 13. The van der Waals surface area contributed by atoms with E-state index in [9.17, 15) is 9.59 Å². The van der Waals surface area contributed by atoms with E-state index >= 15 is 0 Å². The highest BCUT2D eigenvalue weighted by atomic mass is 16.2. The maximum atomic E-state index is 11.8. The van der Waals surface area contributed by atoms with Gasteiger partial charge < -0.3 is 10.6 Å². The maximum absolute atomic E-state index is 11.8. The predicted octanol–water partition coefficient (Wildman–Crippen LogP) is 4.99. The molecule has 0 heterocycles. The highest BCUT2D eigenvalue weighted by Gasteiger charge is 1.97.